The van der Waals surface area contributed by atoms with Crippen LogP contribution in [0.5, 0.6) is 0 Å². The number of carbonyl (C=O) groups excluding carboxylic acids is 1. The number of rotatable bonds is 4. The smallest absolute Gasteiger partial charge is 0.140 e. The van der Waals surface area contributed by atoms with Crippen molar-refractivity contribution in [3.63, 3.8) is 0 Å². The first-order valence-corrected chi connectivity index (χ1v) is 5.98. The minimum atomic E-state index is 0.181. The third-order valence-corrected chi connectivity index (χ3v) is 3.32. The molecule has 1 heterocycles. The number of aryl methyl sites for hydroxylation is 1. The number of carbonyl (C=O) groups is 1. The molecule has 0 saturated heterocycles. The van der Waals surface area contributed by atoms with Gasteiger partial charge >= 0.3 is 0 Å². The standard InChI is InChI=1S/C12H19N3O/c1-2-15-8-9(7-14-15)5-12(16)10-3-4-11(13)6-10/h7-8,10-11H,2-6,13H2,1H3. The first-order valence-electron chi connectivity index (χ1n) is 5.98. The second kappa shape index (κ2) is 4.78. The van der Waals surface area contributed by atoms with Crippen LogP contribution in [0.3, 0.4) is 0 Å². The number of hydrogen-bond acceptors (Lipinski definition) is 3. The fourth-order valence-electron chi connectivity index (χ4n) is 2.32. The number of hydrogen-bond donors (Lipinski definition) is 1. The van der Waals surface area contributed by atoms with E-state index in [2.05, 4.69) is 5.10 Å². The van der Waals surface area contributed by atoms with Gasteiger partial charge in [-0.05, 0) is 31.7 Å². The maximum absolute atomic E-state index is 12.0. The van der Waals surface area contributed by atoms with E-state index < -0.39 is 0 Å². The molecule has 0 amide bonds. The van der Waals surface area contributed by atoms with Gasteiger partial charge < -0.3 is 5.73 Å². The van der Waals surface area contributed by atoms with Crippen LogP contribution in [0.2, 0.25) is 0 Å². The molecule has 0 aliphatic heterocycles. The Labute approximate surface area is 95.8 Å². The summed E-state index contributed by atoms with van der Waals surface area (Å²) >= 11 is 0. The molecule has 0 spiro atoms. The van der Waals surface area contributed by atoms with E-state index in [9.17, 15) is 4.79 Å². The molecular formula is C12H19N3O. The molecule has 88 valence electrons. The second-order valence-electron chi connectivity index (χ2n) is 4.62. The van der Waals surface area contributed by atoms with E-state index in [1.165, 1.54) is 0 Å². The van der Waals surface area contributed by atoms with Crippen LogP contribution in [0.15, 0.2) is 12.4 Å². The summed E-state index contributed by atoms with van der Waals surface area (Å²) in [6, 6.07) is 0.229. The number of aromatic nitrogens is 2. The lowest BCUT2D eigenvalue weighted by atomic mass is 9.98. The predicted octanol–water partition coefficient (Wildman–Crippen LogP) is 1.14. The van der Waals surface area contributed by atoms with Gasteiger partial charge in [-0.3, -0.25) is 9.48 Å². The van der Waals surface area contributed by atoms with Crippen LogP contribution < -0.4 is 5.73 Å². The fourth-order valence-corrected chi connectivity index (χ4v) is 2.32. The molecule has 1 aromatic heterocycles. The summed E-state index contributed by atoms with van der Waals surface area (Å²) in [5.74, 6) is 0.503. The molecule has 4 nitrogen and oxygen atoms in total. The van der Waals surface area contributed by atoms with Gasteiger partial charge in [0.2, 0.25) is 0 Å². The highest BCUT2D eigenvalue weighted by molar-refractivity contribution is 5.83. The molecule has 0 radical (unpaired) electrons. The number of ketones is 1. The maximum Gasteiger partial charge on any atom is 0.140 e. The summed E-state index contributed by atoms with van der Waals surface area (Å²) in [6.07, 6.45) is 7.06. The van der Waals surface area contributed by atoms with Crippen molar-refractivity contribution in [2.75, 3.05) is 0 Å². The van der Waals surface area contributed by atoms with Gasteiger partial charge in [0.25, 0.3) is 0 Å². The molecule has 2 unspecified atom stereocenters. The van der Waals surface area contributed by atoms with Crippen LogP contribution in [0.1, 0.15) is 31.7 Å². The molecule has 1 aromatic rings. The molecule has 1 aliphatic rings. The van der Waals surface area contributed by atoms with Crippen molar-refractivity contribution in [2.24, 2.45) is 11.7 Å². The first-order chi connectivity index (χ1) is 7.69. The number of Topliss-reactive ketones (excluding diaryl/α,β-unsaturated/α-hetero) is 1. The summed E-state index contributed by atoms with van der Waals surface area (Å²) < 4.78 is 1.85. The van der Waals surface area contributed by atoms with Crippen molar-refractivity contribution >= 4 is 5.78 Å². The van der Waals surface area contributed by atoms with E-state index in [0.29, 0.717) is 12.2 Å². The predicted molar refractivity (Wildman–Crippen MR) is 61.9 cm³/mol. The quantitative estimate of drug-likeness (QED) is 0.829. The lowest BCUT2D eigenvalue weighted by Gasteiger charge is -2.06. The topological polar surface area (TPSA) is 60.9 Å². The van der Waals surface area contributed by atoms with Crippen molar-refractivity contribution in [1.29, 1.82) is 0 Å². The minimum Gasteiger partial charge on any atom is -0.328 e. The first kappa shape index (κ1) is 11.3. The Bertz CT molecular complexity index is 372. The molecule has 1 saturated carbocycles. The third-order valence-electron chi connectivity index (χ3n) is 3.32. The van der Waals surface area contributed by atoms with Crippen molar-refractivity contribution in [3.8, 4) is 0 Å². The van der Waals surface area contributed by atoms with Crippen molar-refractivity contribution in [2.45, 2.75) is 45.2 Å². The Morgan fingerprint density at radius 1 is 1.62 bits per heavy atom. The van der Waals surface area contributed by atoms with E-state index in [0.717, 1.165) is 31.4 Å². The Morgan fingerprint density at radius 2 is 2.44 bits per heavy atom. The number of nitrogens with zero attached hydrogens (tertiary/aromatic N) is 2. The third kappa shape index (κ3) is 2.50. The zero-order chi connectivity index (χ0) is 11.5. The van der Waals surface area contributed by atoms with Gasteiger partial charge in [0.05, 0.1) is 6.20 Å². The van der Waals surface area contributed by atoms with Gasteiger partial charge in [0.15, 0.2) is 0 Å². The molecule has 1 aliphatic carbocycles. The molecule has 2 N–H and O–H groups in total. The highest BCUT2D eigenvalue weighted by Gasteiger charge is 2.27. The van der Waals surface area contributed by atoms with Gasteiger partial charge in [-0.15, -0.1) is 0 Å². The Hall–Kier alpha value is -1.16. The molecule has 2 rings (SSSR count). The highest BCUT2D eigenvalue weighted by Crippen LogP contribution is 2.25. The van der Waals surface area contributed by atoms with Gasteiger partial charge in [0.1, 0.15) is 5.78 Å². The molecule has 0 bridgehead atoms. The van der Waals surface area contributed by atoms with E-state index in [1.807, 2.05) is 17.8 Å². The van der Waals surface area contributed by atoms with Crippen LogP contribution in [0, 0.1) is 5.92 Å². The van der Waals surface area contributed by atoms with E-state index in [4.69, 9.17) is 5.73 Å². The molecule has 0 aromatic carbocycles. The second-order valence-corrected chi connectivity index (χ2v) is 4.62. The molecular weight excluding hydrogens is 202 g/mol. The van der Waals surface area contributed by atoms with E-state index in [1.54, 1.807) is 6.20 Å². The van der Waals surface area contributed by atoms with Gasteiger partial charge in [-0.2, -0.15) is 5.10 Å². The summed E-state index contributed by atoms with van der Waals surface area (Å²) in [4.78, 5) is 12.0. The van der Waals surface area contributed by atoms with E-state index in [-0.39, 0.29) is 12.0 Å². The number of nitrogens with two attached hydrogens (primary N) is 1. The molecule has 1 fully saturated rings. The van der Waals surface area contributed by atoms with Crippen molar-refractivity contribution < 1.29 is 4.79 Å². The summed E-state index contributed by atoms with van der Waals surface area (Å²) in [7, 11) is 0. The van der Waals surface area contributed by atoms with Crippen LogP contribution in [0.25, 0.3) is 0 Å². The highest BCUT2D eigenvalue weighted by atomic mass is 16.1. The van der Waals surface area contributed by atoms with Gasteiger partial charge in [0, 0.05) is 31.1 Å². The average Bonchev–Trinajstić information content (AvgIpc) is 2.87. The van der Waals surface area contributed by atoms with Crippen LogP contribution in [-0.2, 0) is 17.8 Å². The van der Waals surface area contributed by atoms with Gasteiger partial charge in [-0.1, -0.05) is 0 Å². The monoisotopic (exact) mass is 221 g/mol. The lowest BCUT2D eigenvalue weighted by Crippen LogP contribution is -2.19. The average molecular weight is 221 g/mol. The summed E-state index contributed by atoms with van der Waals surface area (Å²) in [6.45, 7) is 2.89. The van der Waals surface area contributed by atoms with Crippen LogP contribution >= 0.6 is 0 Å². The molecule has 2 atom stereocenters. The zero-order valence-corrected chi connectivity index (χ0v) is 9.72. The lowest BCUT2D eigenvalue weighted by molar-refractivity contribution is -0.122. The van der Waals surface area contributed by atoms with Crippen molar-refractivity contribution in [1.82, 2.24) is 9.78 Å². The molecule has 4 heteroatoms. The summed E-state index contributed by atoms with van der Waals surface area (Å²) in [5, 5.41) is 4.17. The normalized spacial score (nSPS) is 24.9. The van der Waals surface area contributed by atoms with E-state index >= 15 is 0 Å². The molecule has 16 heavy (non-hydrogen) atoms. The minimum absolute atomic E-state index is 0.181. The SMILES string of the molecule is CCn1cc(CC(=O)C2CCC(N)C2)cn1. The van der Waals surface area contributed by atoms with Crippen molar-refractivity contribution in [3.05, 3.63) is 18.0 Å². The van der Waals surface area contributed by atoms with Gasteiger partial charge in [-0.25, -0.2) is 0 Å². The van der Waals surface area contributed by atoms with Crippen LogP contribution in [0.4, 0.5) is 0 Å². The largest absolute Gasteiger partial charge is 0.328 e. The summed E-state index contributed by atoms with van der Waals surface area (Å²) in [5.41, 5.74) is 6.83. The fraction of sp³-hybridized carbons (Fsp3) is 0.667. The Kier molecular flexibility index (Phi) is 3.39. The maximum atomic E-state index is 12.0. The zero-order valence-electron chi connectivity index (χ0n) is 9.72. The Morgan fingerprint density at radius 3 is 3.00 bits per heavy atom. The Balaban J connectivity index is 1.91. The van der Waals surface area contributed by atoms with Crippen LogP contribution in [-0.4, -0.2) is 21.6 Å².